The van der Waals surface area contributed by atoms with E-state index in [0.29, 0.717) is 11.7 Å². The van der Waals surface area contributed by atoms with Gasteiger partial charge in [-0.05, 0) is 39.8 Å². The summed E-state index contributed by atoms with van der Waals surface area (Å²) in [4.78, 5) is 4.61. The number of aromatic nitrogens is 2. The molecule has 4 nitrogen and oxygen atoms in total. The zero-order chi connectivity index (χ0) is 14.8. The Kier molecular flexibility index (Phi) is 3.95. The highest BCUT2D eigenvalue weighted by Gasteiger charge is 2.32. The van der Waals surface area contributed by atoms with Crippen LogP contribution >= 0.6 is 0 Å². The summed E-state index contributed by atoms with van der Waals surface area (Å²) in [7, 11) is 0. The highest BCUT2D eigenvalue weighted by molar-refractivity contribution is 5.30. The lowest BCUT2D eigenvalue weighted by Gasteiger charge is -2.22. The number of hydrogen-bond donors (Lipinski definition) is 1. The summed E-state index contributed by atoms with van der Waals surface area (Å²) in [6.07, 6.45) is 0. The average molecular weight is 273 g/mol. The largest absolute Gasteiger partial charge is 0.337 e. The van der Waals surface area contributed by atoms with Gasteiger partial charge in [0.05, 0.1) is 11.0 Å². The van der Waals surface area contributed by atoms with E-state index in [1.54, 1.807) is 0 Å². The zero-order valence-electron chi connectivity index (χ0n) is 12.9. The molecule has 20 heavy (non-hydrogen) atoms. The van der Waals surface area contributed by atoms with Crippen molar-refractivity contribution in [1.82, 2.24) is 15.5 Å². The summed E-state index contributed by atoms with van der Waals surface area (Å²) < 4.78 is 5.47. The van der Waals surface area contributed by atoms with Crippen molar-refractivity contribution in [1.29, 1.82) is 0 Å². The normalized spacial score (nSPS) is 12.7. The Morgan fingerprint density at radius 1 is 1.10 bits per heavy atom. The number of hydrogen-bond acceptors (Lipinski definition) is 4. The molecule has 0 atom stereocenters. The minimum atomic E-state index is -0.313. The van der Waals surface area contributed by atoms with Gasteiger partial charge in [-0.15, -0.1) is 0 Å². The number of nitrogens with zero attached hydrogens (tertiary/aromatic N) is 2. The summed E-state index contributed by atoms with van der Waals surface area (Å²) in [6, 6.07) is 10.2. The van der Waals surface area contributed by atoms with Crippen LogP contribution in [0.3, 0.4) is 0 Å². The van der Waals surface area contributed by atoms with E-state index in [4.69, 9.17) is 4.52 Å². The molecule has 108 valence electrons. The standard InChI is InChI=1S/C16H23N3O/c1-6-17-16(4,5)14-18-13(19-20-14)15(2,3)12-10-8-7-9-11-12/h7-11,17H,6H2,1-5H3. The van der Waals surface area contributed by atoms with Gasteiger partial charge in [0.25, 0.3) is 0 Å². The second-order valence-electron chi connectivity index (χ2n) is 6.07. The van der Waals surface area contributed by atoms with Gasteiger partial charge >= 0.3 is 0 Å². The van der Waals surface area contributed by atoms with Crippen LogP contribution in [-0.4, -0.2) is 16.7 Å². The monoisotopic (exact) mass is 273 g/mol. The van der Waals surface area contributed by atoms with Crippen LogP contribution in [0.15, 0.2) is 34.9 Å². The van der Waals surface area contributed by atoms with Crippen LogP contribution < -0.4 is 5.32 Å². The van der Waals surface area contributed by atoms with Crippen molar-refractivity contribution < 1.29 is 4.52 Å². The molecular weight excluding hydrogens is 250 g/mol. The molecule has 0 spiro atoms. The quantitative estimate of drug-likeness (QED) is 0.908. The number of nitrogens with one attached hydrogen (secondary N) is 1. The zero-order valence-corrected chi connectivity index (χ0v) is 12.9. The van der Waals surface area contributed by atoms with Crippen LogP contribution in [0, 0.1) is 0 Å². The van der Waals surface area contributed by atoms with Gasteiger partial charge in [-0.2, -0.15) is 4.98 Å². The summed E-state index contributed by atoms with van der Waals surface area (Å²) in [5, 5.41) is 7.53. The molecule has 0 bridgehead atoms. The van der Waals surface area contributed by atoms with E-state index in [9.17, 15) is 0 Å². The maximum Gasteiger partial charge on any atom is 0.246 e. The molecule has 2 aromatic rings. The lowest BCUT2D eigenvalue weighted by molar-refractivity contribution is 0.269. The van der Waals surface area contributed by atoms with E-state index in [-0.39, 0.29) is 11.0 Å². The molecule has 0 aliphatic heterocycles. The van der Waals surface area contributed by atoms with E-state index in [1.165, 1.54) is 5.56 Å². The van der Waals surface area contributed by atoms with E-state index in [1.807, 2.05) is 32.0 Å². The number of rotatable bonds is 5. The molecule has 0 radical (unpaired) electrons. The lowest BCUT2D eigenvalue weighted by atomic mass is 9.84. The molecule has 0 aliphatic carbocycles. The Morgan fingerprint density at radius 3 is 2.35 bits per heavy atom. The average Bonchev–Trinajstić information content (AvgIpc) is 2.91. The first-order valence-electron chi connectivity index (χ1n) is 7.03. The van der Waals surface area contributed by atoms with Crippen molar-refractivity contribution in [3.63, 3.8) is 0 Å². The maximum atomic E-state index is 5.47. The van der Waals surface area contributed by atoms with Crippen LogP contribution in [0.1, 0.15) is 51.9 Å². The van der Waals surface area contributed by atoms with Gasteiger partial charge in [-0.25, -0.2) is 0 Å². The van der Waals surface area contributed by atoms with E-state index in [2.05, 4.69) is 48.4 Å². The van der Waals surface area contributed by atoms with Crippen LogP contribution in [0.4, 0.5) is 0 Å². The van der Waals surface area contributed by atoms with Gasteiger partial charge in [0.2, 0.25) is 5.89 Å². The van der Waals surface area contributed by atoms with Gasteiger partial charge in [0.15, 0.2) is 5.82 Å². The van der Waals surface area contributed by atoms with Crippen LogP contribution in [0.2, 0.25) is 0 Å². The van der Waals surface area contributed by atoms with Crippen molar-refractivity contribution in [2.75, 3.05) is 6.54 Å². The second kappa shape index (κ2) is 5.37. The minimum Gasteiger partial charge on any atom is -0.337 e. The smallest absolute Gasteiger partial charge is 0.246 e. The summed E-state index contributed by atoms with van der Waals surface area (Å²) in [5.74, 6) is 1.34. The molecule has 2 rings (SSSR count). The van der Waals surface area contributed by atoms with Gasteiger partial charge in [-0.1, -0.05) is 42.4 Å². The molecule has 0 saturated carbocycles. The fourth-order valence-corrected chi connectivity index (χ4v) is 2.23. The summed E-state index contributed by atoms with van der Waals surface area (Å²) in [6.45, 7) is 11.2. The second-order valence-corrected chi connectivity index (χ2v) is 6.07. The van der Waals surface area contributed by atoms with Crippen molar-refractivity contribution in [3.05, 3.63) is 47.6 Å². The SMILES string of the molecule is CCNC(C)(C)c1nc(C(C)(C)c2ccccc2)no1. The third-order valence-corrected chi connectivity index (χ3v) is 3.63. The Morgan fingerprint density at radius 2 is 1.75 bits per heavy atom. The van der Waals surface area contributed by atoms with Crippen molar-refractivity contribution in [3.8, 4) is 0 Å². The maximum absolute atomic E-state index is 5.47. The summed E-state index contributed by atoms with van der Waals surface area (Å²) in [5.41, 5.74) is 0.589. The highest BCUT2D eigenvalue weighted by Crippen LogP contribution is 2.30. The molecule has 0 unspecified atom stereocenters. The van der Waals surface area contributed by atoms with E-state index >= 15 is 0 Å². The first-order chi connectivity index (χ1) is 9.38. The predicted octanol–water partition coefficient (Wildman–Crippen LogP) is 3.24. The minimum absolute atomic E-state index is 0.273. The highest BCUT2D eigenvalue weighted by atomic mass is 16.5. The van der Waals surface area contributed by atoms with E-state index in [0.717, 1.165) is 6.54 Å². The van der Waals surface area contributed by atoms with Gasteiger partial charge in [0.1, 0.15) is 0 Å². The Labute approximate surface area is 120 Å². The molecule has 1 heterocycles. The van der Waals surface area contributed by atoms with Gasteiger partial charge in [0, 0.05) is 0 Å². The number of benzene rings is 1. The topological polar surface area (TPSA) is 51.0 Å². The first-order valence-corrected chi connectivity index (χ1v) is 7.03. The van der Waals surface area contributed by atoms with Gasteiger partial charge in [-0.3, -0.25) is 0 Å². The fourth-order valence-electron chi connectivity index (χ4n) is 2.23. The first kappa shape index (κ1) is 14.7. The Balaban J connectivity index is 2.33. The van der Waals surface area contributed by atoms with Gasteiger partial charge < -0.3 is 9.84 Å². The molecule has 4 heteroatoms. The van der Waals surface area contributed by atoms with E-state index < -0.39 is 0 Å². The van der Waals surface area contributed by atoms with Crippen LogP contribution in [0.5, 0.6) is 0 Å². The molecule has 1 aromatic carbocycles. The Hall–Kier alpha value is -1.68. The molecular formula is C16H23N3O. The van der Waals surface area contributed by atoms with Crippen molar-refractivity contribution in [2.45, 2.75) is 45.6 Å². The third-order valence-electron chi connectivity index (χ3n) is 3.63. The molecule has 0 saturated heterocycles. The molecule has 0 aliphatic rings. The fraction of sp³-hybridized carbons (Fsp3) is 0.500. The molecule has 1 aromatic heterocycles. The Bertz CT molecular complexity index is 558. The van der Waals surface area contributed by atoms with Crippen LogP contribution in [0.25, 0.3) is 0 Å². The van der Waals surface area contributed by atoms with Crippen LogP contribution in [-0.2, 0) is 11.0 Å². The molecule has 0 amide bonds. The van der Waals surface area contributed by atoms with Crippen molar-refractivity contribution in [2.24, 2.45) is 0 Å². The van der Waals surface area contributed by atoms with Crippen molar-refractivity contribution >= 4 is 0 Å². The molecule has 1 N–H and O–H groups in total. The predicted molar refractivity (Wildman–Crippen MR) is 79.6 cm³/mol. The molecule has 0 fully saturated rings. The summed E-state index contributed by atoms with van der Waals surface area (Å²) >= 11 is 0. The third kappa shape index (κ3) is 2.75. The lowest BCUT2D eigenvalue weighted by Crippen LogP contribution is -2.36.